The van der Waals surface area contributed by atoms with Crippen LogP contribution in [-0.4, -0.2) is 32.3 Å². The molecule has 0 radical (unpaired) electrons. The predicted molar refractivity (Wildman–Crippen MR) is 64.4 cm³/mol. The molecule has 0 aliphatic rings. The van der Waals surface area contributed by atoms with E-state index in [-0.39, 0.29) is 30.4 Å². The van der Waals surface area contributed by atoms with Gasteiger partial charge in [-0.2, -0.15) is 22.7 Å². The predicted octanol–water partition coefficient (Wildman–Crippen LogP) is 1.70. The third-order valence-corrected chi connectivity index (χ3v) is 2.44. The summed E-state index contributed by atoms with van der Waals surface area (Å²) in [4.78, 5) is 18.9. The Balaban J connectivity index is 2.31. The average Bonchev–Trinajstić information content (AvgIpc) is 2.77. The van der Waals surface area contributed by atoms with Crippen LogP contribution in [0.3, 0.4) is 0 Å². The standard InChI is InChI=1S/C11H12F3N5O2/c1-3-21-10(20)15-5-8-17-9-16-6(2)4-7(11(12,13)14)19(9)18-8/h4H,3,5H2,1-2H3,(H,15,20). The molecule has 114 valence electrons. The van der Waals surface area contributed by atoms with E-state index in [0.29, 0.717) is 4.52 Å². The second-order valence-electron chi connectivity index (χ2n) is 4.09. The molecule has 2 rings (SSSR count). The number of carbonyl (C=O) groups excluding carboxylic acids is 1. The smallest absolute Gasteiger partial charge is 0.433 e. The summed E-state index contributed by atoms with van der Waals surface area (Å²) in [6.45, 7) is 3.09. The Morgan fingerprint density at radius 1 is 1.43 bits per heavy atom. The second kappa shape index (κ2) is 5.54. The number of hydrogen-bond donors (Lipinski definition) is 1. The van der Waals surface area contributed by atoms with Crippen molar-refractivity contribution < 1.29 is 22.7 Å². The highest BCUT2D eigenvalue weighted by Gasteiger charge is 2.35. The van der Waals surface area contributed by atoms with Gasteiger partial charge in [-0.15, -0.1) is 5.10 Å². The lowest BCUT2D eigenvalue weighted by Gasteiger charge is -2.08. The highest BCUT2D eigenvalue weighted by Crippen LogP contribution is 2.29. The van der Waals surface area contributed by atoms with Crippen molar-refractivity contribution >= 4 is 11.9 Å². The van der Waals surface area contributed by atoms with Crippen molar-refractivity contribution in [3.05, 3.63) is 23.3 Å². The van der Waals surface area contributed by atoms with E-state index in [1.165, 1.54) is 6.92 Å². The maximum absolute atomic E-state index is 12.9. The molecule has 21 heavy (non-hydrogen) atoms. The molecule has 7 nitrogen and oxygen atoms in total. The van der Waals surface area contributed by atoms with Crippen LogP contribution in [0, 0.1) is 6.92 Å². The van der Waals surface area contributed by atoms with Gasteiger partial charge >= 0.3 is 12.3 Å². The minimum Gasteiger partial charge on any atom is -0.450 e. The molecular weight excluding hydrogens is 291 g/mol. The number of alkyl carbamates (subject to hydrolysis) is 1. The first-order chi connectivity index (χ1) is 9.81. The van der Waals surface area contributed by atoms with Crippen molar-refractivity contribution in [2.45, 2.75) is 26.6 Å². The Labute approximate surface area is 117 Å². The molecule has 0 aliphatic heterocycles. The number of rotatable bonds is 3. The van der Waals surface area contributed by atoms with Gasteiger partial charge in [-0.05, 0) is 19.9 Å². The van der Waals surface area contributed by atoms with Crippen LogP contribution in [0.4, 0.5) is 18.0 Å². The van der Waals surface area contributed by atoms with Crippen LogP contribution in [0.15, 0.2) is 6.07 Å². The van der Waals surface area contributed by atoms with Crippen molar-refractivity contribution in [1.29, 1.82) is 0 Å². The number of alkyl halides is 3. The van der Waals surface area contributed by atoms with Gasteiger partial charge in [-0.25, -0.2) is 9.78 Å². The van der Waals surface area contributed by atoms with E-state index >= 15 is 0 Å². The normalized spacial score (nSPS) is 11.7. The van der Waals surface area contributed by atoms with Crippen LogP contribution >= 0.6 is 0 Å². The maximum Gasteiger partial charge on any atom is 0.433 e. The van der Waals surface area contributed by atoms with Crippen molar-refractivity contribution in [2.75, 3.05) is 6.61 Å². The zero-order valence-electron chi connectivity index (χ0n) is 11.2. The summed E-state index contributed by atoms with van der Waals surface area (Å²) in [6.07, 6.45) is -5.28. The fourth-order valence-electron chi connectivity index (χ4n) is 1.64. The molecule has 0 unspecified atom stereocenters. The van der Waals surface area contributed by atoms with E-state index in [0.717, 1.165) is 6.07 Å². The molecule has 0 aliphatic carbocycles. The number of amides is 1. The van der Waals surface area contributed by atoms with Crippen LogP contribution in [0.5, 0.6) is 0 Å². The Morgan fingerprint density at radius 3 is 2.76 bits per heavy atom. The van der Waals surface area contributed by atoms with Gasteiger partial charge in [-0.3, -0.25) is 0 Å². The lowest BCUT2D eigenvalue weighted by Crippen LogP contribution is -2.24. The van der Waals surface area contributed by atoms with Crippen LogP contribution in [0.1, 0.15) is 24.1 Å². The van der Waals surface area contributed by atoms with Gasteiger partial charge in [0.05, 0.1) is 13.2 Å². The summed E-state index contributed by atoms with van der Waals surface area (Å²) >= 11 is 0. The lowest BCUT2D eigenvalue weighted by molar-refractivity contribution is -0.142. The number of hydrogen-bond acceptors (Lipinski definition) is 5. The summed E-state index contributed by atoms with van der Waals surface area (Å²) in [5.41, 5.74) is -0.799. The number of halogens is 3. The lowest BCUT2D eigenvalue weighted by atomic mass is 10.3. The monoisotopic (exact) mass is 303 g/mol. The quantitative estimate of drug-likeness (QED) is 0.933. The van der Waals surface area contributed by atoms with Gasteiger partial charge in [0.1, 0.15) is 0 Å². The fraction of sp³-hybridized carbons (Fsp3) is 0.455. The van der Waals surface area contributed by atoms with Gasteiger partial charge in [0, 0.05) is 5.69 Å². The SMILES string of the molecule is CCOC(=O)NCc1nc2nc(C)cc(C(F)(F)F)n2n1. The van der Waals surface area contributed by atoms with Gasteiger partial charge in [0.2, 0.25) is 0 Å². The Morgan fingerprint density at radius 2 is 2.14 bits per heavy atom. The highest BCUT2D eigenvalue weighted by molar-refractivity contribution is 5.66. The molecule has 1 amide bonds. The van der Waals surface area contributed by atoms with Gasteiger partial charge < -0.3 is 10.1 Å². The second-order valence-corrected chi connectivity index (χ2v) is 4.09. The summed E-state index contributed by atoms with van der Waals surface area (Å²) < 4.78 is 44.0. The first-order valence-electron chi connectivity index (χ1n) is 6.02. The van der Waals surface area contributed by atoms with E-state index in [1.54, 1.807) is 6.92 Å². The number of nitrogens with one attached hydrogen (secondary N) is 1. The molecule has 2 heterocycles. The fourth-order valence-corrected chi connectivity index (χ4v) is 1.64. The number of ether oxygens (including phenoxy) is 1. The molecular formula is C11H12F3N5O2. The van der Waals surface area contributed by atoms with Crippen molar-refractivity contribution in [3.8, 4) is 0 Å². The molecule has 0 saturated heterocycles. The van der Waals surface area contributed by atoms with Crippen molar-refractivity contribution in [1.82, 2.24) is 24.9 Å². The first-order valence-corrected chi connectivity index (χ1v) is 6.02. The Kier molecular flexibility index (Phi) is 3.96. The molecule has 0 spiro atoms. The first kappa shape index (κ1) is 15.0. The maximum atomic E-state index is 12.9. The molecule has 0 bridgehead atoms. The molecule has 1 N–H and O–H groups in total. The summed E-state index contributed by atoms with van der Waals surface area (Å²) in [5, 5.41) is 6.03. The minimum absolute atomic E-state index is 0.00616. The van der Waals surface area contributed by atoms with Crippen molar-refractivity contribution in [2.24, 2.45) is 0 Å². The largest absolute Gasteiger partial charge is 0.450 e. The minimum atomic E-state index is -4.58. The van der Waals surface area contributed by atoms with Crippen LogP contribution in [0.25, 0.3) is 5.78 Å². The third-order valence-electron chi connectivity index (χ3n) is 2.44. The highest BCUT2D eigenvalue weighted by atomic mass is 19.4. The van der Waals surface area contributed by atoms with Gasteiger partial charge in [0.15, 0.2) is 11.5 Å². The molecule has 0 atom stereocenters. The van der Waals surface area contributed by atoms with Gasteiger partial charge in [0.25, 0.3) is 5.78 Å². The summed E-state index contributed by atoms with van der Waals surface area (Å²) in [5.74, 6) is -0.172. The average molecular weight is 303 g/mol. The number of carbonyl (C=O) groups is 1. The number of aryl methyl sites for hydroxylation is 1. The summed E-state index contributed by atoms with van der Waals surface area (Å²) in [6, 6.07) is 0.879. The molecule has 0 fully saturated rings. The number of fused-ring (bicyclic) bond motifs is 1. The third kappa shape index (κ3) is 3.38. The van der Waals surface area contributed by atoms with E-state index in [2.05, 4.69) is 25.1 Å². The molecule has 10 heteroatoms. The van der Waals surface area contributed by atoms with E-state index in [1.807, 2.05) is 0 Å². The molecule has 0 saturated carbocycles. The number of nitrogens with zero attached hydrogens (tertiary/aromatic N) is 4. The van der Waals surface area contributed by atoms with Crippen LogP contribution in [0.2, 0.25) is 0 Å². The van der Waals surface area contributed by atoms with Crippen molar-refractivity contribution in [3.63, 3.8) is 0 Å². The Hall–Kier alpha value is -2.39. The Bertz CT molecular complexity index is 668. The molecule has 0 aromatic carbocycles. The zero-order chi connectivity index (χ0) is 15.6. The zero-order valence-corrected chi connectivity index (χ0v) is 11.2. The van der Waals surface area contributed by atoms with Crippen LogP contribution in [-0.2, 0) is 17.5 Å². The topological polar surface area (TPSA) is 81.4 Å². The molecule has 2 aromatic rings. The van der Waals surface area contributed by atoms with E-state index < -0.39 is 18.0 Å². The van der Waals surface area contributed by atoms with Crippen LogP contribution < -0.4 is 5.32 Å². The van der Waals surface area contributed by atoms with E-state index in [4.69, 9.17) is 0 Å². The summed E-state index contributed by atoms with van der Waals surface area (Å²) in [7, 11) is 0. The van der Waals surface area contributed by atoms with Gasteiger partial charge in [-0.1, -0.05) is 0 Å². The van der Waals surface area contributed by atoms with E-state index in [9.17, 15) is 18.0 Å². The molecule has 2 aromatic heterocycles. The number of aromatic nitrogens is 4.